The summed E-state index contributed by atoms with van der Waals surface area (Å²) < 4.78 is 0. The van der Waals surface area contributed by atoms with Crippen molar-refractivity contribution >= 4 is 23.2 Å². The molecule has 1 N–H and O–H groups in total. The van der Waals surface area contributed by atoms with Crippen LogP contribution < -0.4 is 5.32 Å². The summed E-state index contributed by atoms with van der Waals surface area (Å²) in [6, 6.07) is 7.37. The number of unbranched alkanes of at least 4 members (excludes halogenated alkanes) is 1. The first-order chi connectivity index (χ1) is 8.13. The number of rotatable bonds is 6. The Balaban J connectivity index is 2.37. The summed E-state index contributed by atoms with van der Waals surface area (Å²) >= 11 is 5.86. The van der Waals surface area contributed by atoms with Crippen LogP contribution in [0.1, 0.15) is 19.8 Å². The SMILES string of the molecule is CCCCN(C)C(=O)CNc1cccc(Cl)c1. The number of benzene rings is 1. The first-order valence-electron chi connectivity index (χ1n) is 5.87. The van der Waals surface area contributed by atoms with Crippen LogP contribution in [0.2, 0.25) is 5.02 Å². The summed E-state index contributed by atoms with van der Waals surface area (Å²) in [7, 11) is 1.83. The molecule has 0 aliphatic heterocycles. The molecule has 0 aromatic heterocycles. The number of anilines is 1. The van der Waals surface area contributed by atoms with Gasteiger partial charge in [-0.25, -0.2) is 0 Å². The summed E-state index contributed by atoms with van der Waals surface area (Å²) in [5.74, 6) is 0.0958. The Morgan fingerprint density at radius 1 is 1.47 bits per heavy atom. The number of carbonyl (C=O) groups is 1. The van der Waals surface area contributed by atoms with E-state index in [0.29, 0.717) is 11.6 Å². The number of likely N-dealkylation sites (N-methyl/N-ethyl adjacent to an activating group) is 1. The molecule has 1 aromatic carbocycles. The van der Waals surface area contributed by atoms with Crippen LogP contribution in [0, 0.1) is 0 Å². The van der Waals surface area contributed by atoms with Gasteiger partial charge in [-0.15, -0.1) is 0 Å². The van der Waals surface area contributed by atoms with Crippen LogP contribution in [-0.2, 0) is 4.79 Å². The predicted molar refractivity (Wildman–Crippen MR) is 72.5 cm³/mol. The van der Waals surface area contributed by atoms with Crippen LogP contribution in [0.5, 0.6) is 0 Å². The molecule has 0 heterocycles. The molecule has 0 atom stereocenters. The van der Waals surface area contributed by atoms with E-state index in [1.165, 1.54) is 0 Å². The molecule has 1 amide bonds. The number of nitrogens with one attached hydrogen (secondary N) is 1. The molecule has 1 aromatic rings. The van der Waals surface area contributed by atoms with Crippen LogP contribution in [0.3, 0.4) is 0 Å². The van der Waals surface area contributed by atoms with Gasteiger partial charge in [-0.2, -0.15) is 0 Å². The Morgan fingerprint density at radius 3 is 2.88 bits per heavy atom. The lowest BCUT2D eigenvalue weighted by molar-refractivity contribution is -0.128. The van der Waals surface area contributed by atoms with Gasteiger partial charge in [0.2, 0.25) is 5.91 Å². The average molecular weight is 255 g/mol. The van der Waals surface area contributed by atoms with Gasteiger partial charge >= 0.3 is 0 Å². The van der Waals surface area contributed by atoms with Crippen molar-refractivity contribution in [3.63, 3.8) is 0 Å². The van der Waals surface area contributed by atoms with Gasteiger partial charge in [0.15, 0.2) is 0 Å². The van der Waals surface area contributed by atoms with E-state index in [-0.39, 0.29) is 5.91 Å². The maximum Gasteiger partial charge on any atom is 0.241 e. The highest BCUT2D eigenvalue weighted by Crippen LogP contribution is 2.14. The van der Waals surface area contributed by atoms with Crippen molar-refractivity contribution in [3.05, 3.63) is 29.3 Å². The van der Waals surface area contributed by atoms with Gasteiger partial charge in [-0.1, -0.05) is 31.0 Å². The van der Waals surface area contributed by atoms with E-state index in [4.69, 9.17) is 11.6 Å². The highest BCUT2D eigenvalue weighted by Gasteiger charge is 2.07. The third kappa shape index (κ3) is 5.09. The molecule has 3 nitrogen and oxygen atoms in total. The van der Waals surface area contributed by atoms with Crippen molar-refractivity contribution < 1.29 is 4.79 Å². The molecule has 0 saturated heterocycles. The summed E-state index contributed by atoms with van der Waals surface area (Å²) in [4.78, 5) is 13.5. The monoisotopic (exact) mass is 254 g/mol. The van der Waals surface area contributed by atoms with E-state index in [1.807, 2.05) is 25.2 Å². The molecule has 0 aliphatic rings. The van der Waals surface area contributed by atoms with Gasteiger partial charge in [0.25, 0.3) is 0 Å². The predicted octanol–water partition coefficient (Wildman–Crippen LogP) is 3.01. The average Bonchev–Trinajstić information content (AvgIpc) is 2.33. The van der Waals surface area contributed by atoms with Crippen molar-refractivity contribution in [1.82, 2.24) is 4.90 Å². The third-order valence-electron chi connectivity index (χ3n) is 2.54. The zero-order valence-electron chi connectivity index (χ0n) is 10.4. The van der Waals surface area contributed by atoms with Gasteiger partial charge in [0.1, 0.15) is 0 Å². The fourth-order valence-electron chi connectivity index (χ4n) is 1.43. The number of hydrogen-bond acceptors (Lipinski definition) is 2. The Morgan fingerprint density at radius 2 is 2.24 bits per heavy atom. The smallest absolute Gasteiger partial charge is 0.241 e. The molecule has 0 saturated carbocycles. The largest absolute Gasteiger partial charge is 0.376 e. The van der Waals surface area contributed by atoms with Crippen molar-refractivity contribution in [3.8, 4) is 0 Å². The van der Waals surface area contributed by atoms with Crippen molar-refractivity contribution in [2.75, 3.05) is 25.5 Å². The van der Waals surface area contributed by atoms with E-state index in [2.05, 4.69) is 12.2 Å². The second-order valence-electron chi connectivity index (χ2n) is 4.03. The maximum atomic E-state index is 11.7. The molecule has 0 unspecified atom stereocenters. The van der Waals surface area contributed by atoms with E-state index < -0.39 is 0 Å². The Bertz CT molecular complexity index is 368. The molecule has 17 heavy (non-hydrogen) atoms. The first kappa shape index (κ1) is 13.8. The highest BCUT2D eigenvalue weighted by atomic mass is 35.5. The molecule has 0 spiro atoms. The van der Waals surface area contributed by atoms with Crippen LogP contribution in [0.15, 0.2) is 24.3 Å². The molecule has 0 bridgehead atoms. The van der Waals surface area contributed by atoms with Crippen molar-refractivity contribution in [2.45, 2.75) is 19.8 Å². The maximum absolute atomic E-state index is 11.7. The summed E-state index contributed by atoms with van der Waals surface area (Å²) in [6.07, 6.45) is 2.14. The lowest BCUT2D eigenvalue weighted by atomic mass is 10.3. The number of halogens is 1. The summed E-state index contributed by atoms with van der Waals surface area (Å²) in [5.41, 5.74) is 0.870. The Labute approximate surface area is 108 Å². The lowest BCUT2D eigenvalue weighted by Gasteiger charge is -2.17. The fourth-order valence-corrected chi connectivity index (χ4v) is 1.62. The number of carbonyl (C=O) groups excluding carboxylic acids is 1. The fraction of sp³-hybridized carbons (Fsp3) is 0.462. The van der Waals surface area contributed by atoms with Crippen molar-refractivity contribution in [1.29, 1.82) is 0 Å². The van der Waals surface area contributed by atoms with E-state index in [0.717, 1.165) is 25.1 Å². The quantitative estimate of drug-likeness (QED) is 0.846. The van der Waals surface area contributed by atoms with Gasteiger partial charge < -0.3 is 10.2 Å². The molecule has 4 heteroatoms. The number of amides is 1. The van der Waals surface area contributed by atoms with Crippen LogP contribution >= 0.6 is 11.6 Å². The number of hydrogen-bond donors (Lipinski definition) is 1. The first-order valence-corrected chi connectivity index (χ1v) is 6.24. The zero-order valence-corrected chi connectivity index (χ0v) is 11.1. The topological polar surface area (TPSA) is 32.3 Å². The molecule has 94 valence electrons. The Hall–Kier alpha value is -1.22. The highest BCUT2D eigenvalue weighted by molar-refractivity contribution is 6.30. The second-order valence-corrected chi connectivity index (χ2v) is 4.47. The van der Waals surface area contributed by atoms with E-state index in [9.17, 15) is 4.79 Å². The van der Waals surface area contributed by atoms with Crippen LogP contribution in [0.25, 0.3) is 0 Å². The minimum absolute atomic E-state index is 0.0958. The molecular formula is C13H19ClN2O. The minimum atomic E-state index is 0.0958. The number of nitrogens with zero attached hydrogens (tertiary/aromatic N) is 1. The third-order valence-corrected chi connectivity index (χ3v) is 2.78. The van der Waals surface area contributed by atoms with Crippen LogP contribution in [-0.4, -0.2) is 30.9 Å². The molecule has 0 aliphatic carbocycles. The summed E-state index contributed by atoms with van der Waals surface area (Å²) in [6.45, 7) is 3.23. The standard InChI is InChI=1S/C13H19ClN2O/c1-3-4-8-16(2)13(17)10-15-12-7-5-6-11(14)9-12/h5-7,9,15H,3-4,8,10H2,1-2H3. The second kappa shape index (κ2) is 7.17. The minimum Gasteiger partial charge on any atom is -0.376 e. The van der Waals surface area contributed by atoms with Gasteiger partial charge in [0, 0.05) is 24.3 Å². The molecular weight excluding hydrogens is 236 g/mol. The van der Waals surface area contributed by atoms with E-state index >= 15 is 0 Å². The Kier molecular flexibility index (Phi) is 5.84. The van der Waals surface area contributed by atoms with Gasteiger partial charge in [-0.05, 0) is 24.6 Å². The molecule has 0 fully saturated rings. The van der Waals surface area contributed by atoms with Gasteiger partial charge in [-0.3, -0.25) is 4.79 Å². The molecule has 1 rings (SSSR count). The molecule has 0 radical (unpaired) electrons. The lowest BCUT2D eigenvalue weighted by Crippen LogP contribution is -2.32. The van der Waals surface area contributed by atoms with Crippen molar-refractivity contribution in [2.24, 2.45) is 0 Å². The summed E-state index contributed by atoms with van der Waals surface area (Å²) in [5, 5.41) is 3.74. The van der Waals surface area contributed by atoms with Gasteiger partial charge in [0.05, 0.1) is 6.54 Å². The normalized spacial score (nSPS) is 10.1. The van der Waals surface area contributed by atoms with E-state index in [1.54, 1.807) is 11.0 Å². The zero-order chi connectivity index (χ0) is 12.7. The van der Waals surface area contributed by atoms with Crippen LogP contribution in [0.4, 0.5) is 5.69 Å².